The zero-order valence-electron chi connectivity index (χ0n) is 8.89. The van der Waals surface area contributed by atoms with Gasteiger partial charge in [-0.05, 0) is 20.0 Å². The van der Waals surface area contributed by atoms with Gasteiger partial charge in [0.2, 0.25) is 5.90 Å². The molecule has 0 aromatic heterocycles. The maximum atomic E-state index is 7.36. The summed E-state index contributed by atoms with van der Waals surface area (Å²) < 4.78 is 5.18. The average Bonchev–Trinajstić information content (AvgIpc) is 2.12. The molecular formula is C10H20N2O. The van der Waals surface area contributed by atoms with E-state index in [1.165, 1.54) is 0 Å². The molecule has 0 aliphatic heterocycles. The van der Waals surface area contributed by atoms with Gasteiger partial charge in [0.1, 0.15) is 6.61 Å². The third-order valence-corrected chi connectivity index (χ3v) is 1.94. The van der Waals surface area contributed by atoms with E-state index in [4.69, 9.17) is 10.1 Å². The lowest BCUT2D eigenvalue weighted by atomic mass is 10.3. The third kappa shape index (κ3) is 5.42. The molecule has 0 rings (SSSR count). The van der Waals surface area contributed by atoms with Crippen molar-refractivity contribution in [2.45, 2.75) is 20.8 Å². The minimum atomic E-state index is 0.201. The molecule has 0 aromatic rings. The number of likely N-dealkylation sites (N-methyl/N-ethyl adjacent to an activating group) is 1. The molecule has 0 aromatic carbocycles. The Morgan fingerprint density at radius 2 is 1.92 bits per heavy atom. The highest BCUT2D eigenvalue weighted by atomic mass is 16.5. The van der Waals surface area contributed by atoms with Gasteiger partial charge in [0, 0.05) is 12.1 Å². The van der Waals surface area contributed by atoms with E-state index in [0.29, 0.717) is 12.2 Å². The van der Waals surface area contributed by atoms with Gasteiger partial charge in [-0.1, -0.05) is 20.4 Å². The van der Waals surface area contributed by atoms with Gasteiger partial charge in [0.05, 0.1) is 0 Å². The Hall–Kier alpha value is -0.830. The molecular weight excluding hydrogens is 164 g/mol. The van der Waals surface area contributed by atoms with Gasteiger partial charge < -0.3 is 9.64 Å². The van der Waals surface area contributed by atoms with Crippen LogP contribution in [0.4, 0.5) is 0 Å². The van der Waals surface area contributed by atoms with Crippen molar-refractivity contribution in [3.05, 3.63) is 12.2 Å². The van der Waals surface area contributed by atoms with Gasteiger partial charge in [-0.2, -0.15) is 0 Å². The number of nitrogens with zero attached hydrogens (tertiary/aromatic N) is 1. The second-order valence-corrected chi connectivity index (χ2v) is 2.98. The molecule has 0 unspecified atom stereocenters. The van der Waals surface area contributed by atoms with E-state index in [0.717, 1.165) is 19.6 Å². The molecule has 0 spiro atoms. The van der Waals surface area contributed by atoms with Crippen LogP contribution in [0, 0.1) is 5.41 Å². The smallest absolute Gasteiger partial charge is 0.208 e. The molecule has 0 bridgehead atoms. The van der Waals surface area contributed by atoms with Crippen LogP contribution < -0.4 is 0 Å². The fourth-order valence-corrected chi connectivity index (χ4v) is 0.940. The lowest BCUT2D eigenvalue weighted by molar-refractivity contribution is 0.214. The van der Waals surface area contributed by atoms with Gasteiger partial charge in [-0.15, -0.1) is 0 Å². The van der Waals surface area contributed by atoms with Crippen molar-refractivity contribution in [1.82, 2.24) is 4.90 Å². The molecule has 76 valence electrons. The first-order valence-electron chi connectivity index (χ1n) is 4.71. The maximum Gasteiger partial charge on any atom is 0.208 e. The molecule has 0 saturated carbocycles. The molecule has 0 aliphatic rings. The highest BCUT2D eigenvalue weighted by Gasteiger charge is 2.01. The van der Waals surface area contributed by atoms with E-state index < -0.39 is 0 Å². The monoisotopic (exact) mass is 184 g/mol. The number of ether oxygens (including phenoxy) is 1. The van der Waals surface area contributed by atoms with Crippen molar-refractivity contribution in [2.75, 3.05) is 26.2 Å². The Kier molecular flexibility index (Phi) is 6.24. The average molecular weight is 184 g/mol. The standard InChI is InChI=1S/C10H20N2O/c1-5-12(6-2)7-8-13-10(11)9(3)4/h11H,3,5-8H2,1-2,4H3. The lowest BCUT2D eigenvalue weighted by Gasteiger charge is -2.17. The second-order valence-electron chi connectivity index (χ2n) is 2.98. The molecule has 13 heavy (non-hydrogen) atoms. The van der Waals surface area contributed by atoms with Gasteiger partial charge in [-0.3, -0.25) is 5.41 Å². The predicted octanol–water partition coefficient (Wildman–Crippen LogP) is 1.90. The highest BCUT2D eigenvalue weighted by molar-refractivity contribution is 5.89. The van der Waals surface area contributed by atoms with Crippen LogP contribution in [0.5, 0.6) is 0 Å². The molecule has 3 heteroatoms. The Bertz CT molecular complexity index is 174. The Labute approximate surface area is 80.9 Å². The zero-order valence-corrected chi connectivity index (χ0v) is 8.89. The maximum absolute atomic E-state index is 7.36. The summed E-state index contributed by atoms with van der Waals surface area (Å²) in [5.41, 5.74) is 0.680. The molecule has 1 N–H and O–H groups in total. The van der Waals surface area contributed by atoms with Gasteiger partial charge in [-0.25, -0.2) is 0 Å². The predicted molar refractivity (Wildman–Crippen MR) is 56.3 cm³/mol. The molecule has 0 saturated heterocycles. The molecule has 0 fully saturated rings. The van der Waals surface area contributed by atoms with Gasteiger partial charge >= 0.3 is 0 Å². The van der Waals surface area contributed by atoms with Gasteiger partial charge in [0.25, 0.3) is 0 Å². The van der Waals surface area contributed by atoms with Crippen molar-refractivity contribution >= 4 is 5.90 Å². The number of rotatable bonds is 6. The van der Waals surface area contributed by atoms with Crippen LogP contribution in [0.2, 0.25) is 0 Å². The lowest BCUT2D eigenvalue weighted by Crippen LogP contribution is -2.27. The number of hydrogen-bond acceptors (Lipinski definition) is 3. The van der Waals surface area contributed by atoms with E-state index in [2.05, 4.69) is 25.3 Å². The highest BCUT2D eigenvalue weighted by Crippen LogP contribution is 1.93. The SMILES string of the molecule is C=C(C)C(=N)OCCN(CC)CC. The minimum Gasteiger partial charge on any atom is -0.477 e. The van der Waals surface area contributed by atoms with Crippen molar-refractivity contribution in [3.8, 4) is 0 Å². The van der Waals surface area contributed by atoms with Crippen LogP contribution in [-0.2, 0) is 4.74 Å². The first-order valence-corrected chi connectivity index (χ1v) is 4.71. The van der Waals surface area contributed by atoms with Crippen LogP contribution >= 0.6 is 0 Å². The van der Waals surface area contributed by atoms with Gasteiger partial charge in [0.15, 0.2) is 0 Å². The van der Waals surface area contributed by atoms with Crippen molar-refractivity contribution in [3.63, 3.8) is 0 Å². The first kappa shape index (κ1) is 12.2. The quantitative estimate of drug-likeness (QED) is 0.505. The second kappa shape index (κ2) is 6.66. The summed E-state index contributed by atoms with van der Waals surface area (Å²) in [5.74, 6) is 0.201. The molecule has 0 radical (unpaired) electrons. The zero-order chi connectivity index (χ0) is 10.3. The number of nitrogens with one attached hydrogen (secondary N) is 1. The van der Waals surface area contributed by atoms with E-state index in [-0.39, 0.29) is 5.90 Å². The van der Waals surface area contributed by atoms with Crippen LogP contribution in [-0.4, -0.2) is 37.0 Å². The fraction of sp³-hybridized carbons (Fsp3) is 0.700. The summed E-state index contributed by atoms with van der Waals surface area (Å²) in [6.07, 6.45) is 0. The van der Waals surface area contributed by atoms with Crippen LogP contribution in [0.1, 0.15) is 20.8 Å². The summed E-state index contributed by atoms with van der Waals surface area (Å²) in [5, 5.41) is 7.36. The third-order valence-electron chi connectivity index (χ3n) is 1.94. The van der Waals surface area contributed by atoms with Crippen LogP contribution in [0.3, 0.4) is 0 Å². The summed E-state index contributed by atoms with van der Waals surface area (Å²) in [4.78, 5) is 2.26. The minimum absolute atomic E-state index is 0.201. The normalized spacial score (nSPS) is 10.2. The van der Waals surface area contributed by atoms with Crippen molar-refractivity contribution in [1.29, 1.82) is 5.41 Å². The van der Waals surface area contributed by atoms with E-state index in [9.17, 15) is 0 Å². The Morgan fingerprint density at radius 1 is 1.38 bits per heavy atom. The van der Waals surface area contributed by atoms with Crippen molar-refractivity contribution in [2.24, 2.45) is 0 Å². The Morgan fingerprint density at radius 3 is 2.31 bits per heavy atom. The molecule has 0 atom stereocenters. The van der Waals surface area contributed by atoms with E-state index in [1.54, 1.807) is 6.92 Å². The molecule has 0 aliphatic carbocycles. The van der Waals surface area contributed by atoms with Crippen LogP contribution in [0.15, 0.2) is 12.2 Å². The molecule has 3 nitrogen and oxygen atoms in total. The summed E-state index contributed by atoms with van der Waals surface area (Å²) in [6.45, 7) is 13.2. The molecule has 0 amide bonds. The number of hydrogen-bond donors (Lipinski definition) is 1. The van der Waals surface area contributed by atoms with Crippen LogP contribution in [0.25, 0.3) is 0 Å². The van der Waals surface area contributed by atoms with E-state index >= 15 is 0 Å². The first-order chi connectivity index (χ1) is 6.11. The topological polar surface area (TPSA) is 36.3 Å². The van der Waals surface area contributed by atoms with Crippen molar-refractivity contribution < 1.29 is 4.74 Å². The summed E-state index contributed by atoms with van der Waals surface area (Å²) >= 11 is 0. The Balaban J connectivity index is 3.54. The molecule has 0 heterocycles. The van der Waals surface area contributed by atoms with E-state index in [1.807, 2.05) is 0 Å². The largest absolute Gasteiger partial charge is 0.477 e. The fourth-order valence-electron chi connectivity index (χ4n) is 0.940. The summed E-state index contributed by atoms with van der Waals surface area (Å²) in [7, 11) is 0. The summed E-state index contributed by atoms with van der Waals surface area (Å²) in [6, 6.07) is 0.